The highest BCUT2D eigenvalue weighted by molar-refractivity contribution is 5.73. The third kappa shape index (κ3) is 4.97. The van der Waals surface area contributed by atoms with Crippen molar-refractivity contribution in [3.8, 4) is 11.8 Å². The van der Waals surface area contributed by atoms with Gasteiger partial charge >= 0.3 is 5.97 Å². The minimum atomic E-state index is -0.427. The number of carbonyl (C=O) groups excluding carboxylic acids is 1. The fraction of sp³-hybridized carbons (Fsp3) is 0.579. The molecule has 0 amide bonds. The van der Waals surface area contributed by atoms with Gasteiger partial charge in [-0.3, -0.25) is 9.69 Å². The van der Waals surface area contributed by atoms with Gasteiger partial charge in [0.1, 0.15) is 11.4 Å². The Labute approximate surface area is 144 Å². The van der Waals surface area contributed by atoms with E-state index in [0.29, 0.717) is 5.56 Å². The summed E-state index contributed by atoms with van der Waals surface area (Å²) in [4.78, 5) is 14.5. The van der Waals surface area contributed by atoms with E-state index < -0.39 is 5.60 Å². The molecule has 0 unspecified atom stereocenters. The summed E-state index contributed by atoms with van der Waals surface area (Å²) in [5.41, 5.74) is 1.23. The smallest absolute Gasteiger partial charge is 0.309 e. The topological polar surface area (TPSA) is 62.6 Å². The zero-order chi connectivity index (χ0) is 17.7. The van der Waals surface area contributed by atoms with Crippen LogP contribution >= 0.6 is 0 Å². The van der Waals surface area contributed by atoms with Gasteiger partial charge in [-0.1, -0.05) is 6.07 Å². The van der Waals surface area contributed by atoms with E-state index >= 15 is 0 Å². The highest BCUT2D eigenvalue weighted by atomic mass is 16.6. The van der Waals surface area contributed by atoms with Crippen molar-refractivity contribution in [2.24, 2.45) is 5.92 Å². The molecule has 24 heavy (non-hydrogen) atoms. The Hall–Kier alpha value is -2.06. The number of benzene rings is 1. The lowest BCUT2D eigenvalue weighted by molar-refractivity contribution is -0.161. The maximum Gasteiger partial charge on any atom is 0.309 e. The summed E-state index contributed by atoms with van der Waals surface area (Å²) < 4.78 is 10.9. The minimum absolute atomic E-state index is 0.0108. The summed E-state index contributed by atoms with van der Waals surface area (Å²) in [6.45, 7) is 8.17. The second-order valence-electron chi connectivity index (χ2n) is 7.22. The van der Waals surface area contributed by atoms with Crippen LogP contribution < -0.4 is 4.74 Å². The maximum atomic E-state index is 12.2. The van der Waals surface area contributed by atoms with Crippen LogP contribution in [0.2, 0.25) is 0 Å². The van der Waals surface area contributed by atoms with Crippen molar-refractivity contribution < 1.29 is 14.3 Å². The molecule has 5 heteroatoms. The van der Waals surface area contributed by atoms with E-state index in [-0.39, 0.29) is 11.9 Å². The van der Waals surface area contributed by atoms with E-state index in [9.17, 15) is 4.79 Å². The van der Waals surface area contributed by atoms with Crippen molar-refractivity contribution in [1.29, 1.82) is 5.26 Å². The number of likely N-dealkylation sites (tertiary alicyclic amines) is 1. The van der Waals surface area contributed by atoms with Gasteiger partial charge in [-0.25, -0.2) is 0 Å². The average molecular weight is 330 g/mol. The first-order valence-electron chi connectivity index (χ1n) is 8.34. The lowest BCUT2D eigenvalue weighted by atomic mass is 9.96. The summed E-state index contributed by atoms with van der Waals surface area (Å²) >= 11 is 0. The van der Waals surface area contributed by atoms with Crippen LogP contribution in [0.4, 0.5) is 0 Å². The first kappa shape index (κ1) is 18.3. The van der Waals surface area contributed by atoms with Crippen molar-refractivity contribution in [1.82, 2.24) is 4.90 Å². The number of rotatable bonds is 4. The number of piperidine rings is 1. The highest BCUT2D eigenvalue weighted by Crippen LogP contribution is 2.26. The van der Waals surface area contributed by atoms with Crippen molar-refractivity contribution in [2.75, 3.05) is 20.2 Å². The number of esters is 1. The highest BCUT2D eigenvalue weighted by Gasteiger charge is 2.29. The number of ether oxygens (including phenoxy) is 2. The molecule has 2 rings (SSSR count). The van der Waals surface area contributed by atoms with Gasteiger partial charge in [0.25, 0.3) is 0 Å². The zero-order valence-corrected chi connectivity index (χ0v) is 15.0. The van der Waals surface area contributed by atoms with E-state index in [2.05, 4.69) is 11.0 Å². The molecular weight excluding hydrogens is 304 g/mol. The third-order valence-corrected chi connectivity index (χ3v) is 4.14. The Balaban J connectivity index is 1.92. The van der Waals surface area contributed by atoms with Crippen LogP contribution in [0.3, 0.4) is 0 Å². The lowest BCUT2D eigenvalue weighted by Crippen LogP contribution is -2.38. The van der Waals surface area contributed by atoms with Gasteiger partial charge in [0.15, 0.2) is 0 Å². The van der Waals surface area contributed by atoms with Crippen molar-refractivity contribution in [2.45, 2.75) is 45.8 Å². The molecule has 0 bridgehead atoms. The van der Waals surface area contributed by atoms with Gasteiger partial charge in [0.2, 0.25) is 0 Å². The Kier molecular flexibility index (Phi) is 5.84. The minimum Gasteiger partial charge on any atom is -0.496 e. The first-order valence-corrected chi connectivity index (χ1v) is 8.34. The summed E-state index contributed by atoms with van der Waals surface area (Å²) in [5, 5.41) is 8.97. The van der Waals surface area contributed by atoms with E-state index in [1.807, 2.05) is 32.9 Å². The fourth-order valence-corrected chi connectivity index (χ4v) is 2.90. The zero-order valence-electron chi connectivity index (χ0n) is 15.0. The molecule has 0 saturated carbocycles. The van der Waals surface area contributed by atoms with Gasteiger partial charge in [-0.15, -0.1) is 0 Å². The van der Waals surface area contributed by atoms with Crippen LogP contribution in [0.1, 0.15) is 44.7 Å². The Morgan fingerprint density at radius 2 is 2.00 bits per heavy atom. The number of carbonyl (C=O) groups is 1. The molecule has 1 aromatic carbocycles. The molecule has 0 aromatic heterocycles. The molecule has 1 aliphatic rings. The molecule has 0 aliphatic carbocycles. The molecule has 0 N–H and O–H groups in total. The Morgan fingerprint density at radius 3 is 2.54 bits per heavy atom. The Bertz CT molecular complexity index is 620. The molecule has 1 aliphatic heterocycles. The molecule has 1 aromatic rings. The fourth-order valence-electron chi connectivity index (χ4n) is 2.90. The predicted molar refractivity (Wildman–Crippen MR) is 91.6 cm³/mol. The standard InChI is InChI=1S/C19H26N2O3/c1-19(2,3)24-18(22)15-7-9-21(10-8-15)13-16-6-5-14(12-20)11-17(16)23-4/h5-6,11,15H,7-10,13H2,1-4H3. The summed E-state index contributed by atoms with van der Waals surface area (Å²) in [7, 11) is 1.62. The lowest BCUT2D eigenvalue weighted by Gasteiger charge is -2.32. The van der Waals surface area contributed by atoms with Crippen molar-refractivity contribution in [3.63, 3.8) is 0 Å². The normalized spacial score (nSPS) is 16.5. The molecule has 0 spiro atoms. The van der Waals surface area contributed by atoms with E-state index in [1.165, 1.54) is 0 Å². The van der Waals surface area contributed by atoms with Crippen molar-refractivity contribution in [3.05, 3.63) is 29.3 Å². The number of methoxy groups -OCH3 is 1. The molecular formula is C19H26N2O3. The van der Waals surface area contributed by atoms with Gasteiger partial charge in [-0.05, 0) is 58.8 Å². The van der Waals surface area contributed by atoms with Crippen LogP contribution in [0.5, 0.6) is 5.75 Å². The molecule has 1 fully saturated rings. The van der Waals surface area contributed by atoms with E-state index in [0.717, 1.165) is 43.8 Å². The number of nitrogens with zero attached hydrogens (tertiary/aromatic N) is 2. The summed E-state index contributed by atoms with van der Waals surface area (Å²) in [6.07, 6.45) is 1.63. The van der Waals surface area contributed by atoms with Crippen LogP contribution in [0.15, 0.2) is 18.2 Å². The largest absolute Gasteiger partial charge is 0.496 e. The van der Waals surface area contributed by atoms with E-state index in [1.54, 1.807) is 13.2 Å². The van der Waals surface area contributed by atoms with Crippen LogP contribution in [0.25, 0.3) is 0 Å². The molecule has 1 heterocycles. The van der Waals surface area contributed by atoms with Crippen LogP contribution in [-0.4, -0.2) is 36.7 Å². The average Bonchev–Trinajstić information content (AvgIpc) is 2.54. The third-order valence-electron chi connectivity index (χ3n) is 4.14. The van der Waals surface area contributed by atoms with Crippen molar-refractivity contribution >= 4 is 5.97 Å². The second-order valence-corrected chi connectivity index (χ2v) is 7.22. The predicted octanol–water partition coefficient (Wildman–Crippen LogP) is 3.12. The second kappa shape index (κ2) is 7.67. The van der Waals surface area contributed by atoms with Gasteiger partial charge < -0.3 is 9.47 Å². The number of hydrogen-bond acceptors (Lipinski definition) is 5. The number of nitriles is 1. The number of hydrogen-bond donors (Lipinski definition) is 0. The molecule has 130 valence electrons. The van der Waals surface area contributed by atoms with Crippen LogP contribution in [-0.2, 0) is 16.1 Å². The van der Waals surface area contributed by atoms with Gasteiger partial charge in [0, 0.05) is 12.1 Å². The first-order chi connectivity index (χ1) is 11.3. The van der Waals surface area contributed by atoms with Gasteiger partial charge in [0.05, 0.1) is 24.7 Å². The monoisotopic (exact) mass is 330 g/mol. The molecule has 0 atom stereocenters. The molecule has 0 radical (unpaired) electrons. The summed E-state index contributed by atoms with van der Waals surface area (Å²) in [6, 6.07) is 7.64. The van der Waals surface area contributed by atoms with Crippen LogP contribution in [0, 0.1) is 17.2 Å². The summed E-state index contributed by atoms with van der Waals surface area (Å²) in [5.74, 6) is 0.643. The maximum absolute atomic E-state index is 12.2. The quantitative estimate of drug-likeness (QED) is 0.794. The Morgan fingerprint density at radius 1 is 1.33 bits per heavy atom. The SMILES string of the molecule is COc1cc(C#N)ccc1CN1CCC(C(=O)OC(C)(C)C)CC1. The van der Waals surface area contributed by atoms with Gasteiger partial charge in [-0.2, -0.15) is 5.26 Å². The molecule has 1 saturated heterocycles. The van der Waals surface area contributed by atoms with E-state index in [4.69, 9.17) is 14.7 Å². The molecule has 5 nitrogen and oxygen atoms in total.